The Hall–Kier alpha value is -2.97. The van der Waals surface area contributed by atoms with Crippen LogP contribution in [0.1, 0.15) is 31.7 Å². The van der Waals surface area contributed by atoms with Crippen molar-refractivity contribution in [2.45, 2.75) is 32.7 Å². The molecule has 1 aromatic heterocycles. The van der Waals surface area contributed by atoms with Gasteiger partial charge < -0.3 is 20.1 Å². The summed E-state index contributed by atoms with van der Waals surface area (Å²) >= 11 is 0. The topological polar surface area (TPSA) is 74.9 Å². The zero-order valence-electron chi connectivity index (χ0n) is 19.5. The maximum atomic E-state index is 15.4. The molecule has 0 spiro atoms. The van der Waals surface area contributed by atoms with Crippen molar-refractivity contribution in [2.75, 3.05) is 33.4 Å². The van der Waals surface area contributed by atoms with Crippen molar-refractivity contribution in [1.29, 1.82) is 0 Å². The van der Waals surface area contributed by atoms with Crippen LogP contribution in [0.25, 0.3) is 5.69 Å². The van der Waals surface area contributed by atoms with Gasteiger partial charge in [0.25, 0.3) is 0 Å². The molecule has 1 fully saturated rings. The third kappa shape index (κ3) is 6.52. The van der Waals surface area contributed by atoms with Crippen molar-refractivity contribution in [3.05, 3.63) is 72.2 Å². The standard InChI is InChI=1S/C25H34FN5O2/c1-4-27-24(23(26)20(2)28-19-25(10-15-32)11-16-33-17-12-25)30(3)18-21-6-8-22(9-7-21)31-14-5-13-29-31/h4-9,13-14,28,32H,2,10-12,15-19H2,1,3H3/b24-23-,27-4-. The number of aliphatic hydroxyl groups is 1. The molecule has 0 saturated carbocycles. The lowest BCUT2D eigenvalue weighted by atomic mass is 9.77. The van der Waals surface area contributed by atoms with Gasteiger partial charge in [-0.15, -0.1) is 0 Å². The second-order valence-electron chi connectivity index (χ2n) is 8.42. The Bertz CT molecular complexity index is 942. The van der Waals surface area contributed by atoms with Gasteiger partial charge in [0.05, 0.1) is 11.4 Å². The summed E-state index contributed by atoms with van der Waals surface area (Å²) in [6, 6.07) is 9.83. The van der Waals surface area contributed by atoms with E-state index < -0.39 is 5.83 Å². The molecule has 1 aliphatic heterocycles. The fourth-order valence-corrected chi connectivity index (χ4v) is 4.03. The molecule has 7 nitrogen and oxygen atoms in total. The van der Waals surface area contributed by atoms with E-state index in [1.165, 1.54) is 0 Å². The van der Waals surface area contributed by atoms with Crippen LogP contribution in [0.3, 0.4) is 0 Å². The van der Waals surface area contributed by atoms with Crippen LogP contribution in [0.2, 0.25) is 0 Å². The molecule has 0 bridgehead atoms. The first kappa shape index (κ1) is 24.7. The number of hydrogen-bond acceptors (Lipinski definition) is 6. The molecule has 0 atom stereocenters. The van der Waals surface area contributed by atoms with Gasteiger partial charge in [0, 0.05) is 58.6 Å². The summed E-state index contributed by atoms with van der Waals surface area (Å²) < 4.78 is 22.6. The second-order valence-corrected chi connectivity index (χ2v) is 8.42. The number of aromatic nitrogens is 2. The highest BCUT2D eigenvalue weighted by Crippen LogP contribution is 2.34. The number of ether oxygens (including phenoxy) is 1. The SMILES string of the molecule is C=C(NCC1(CCO)CCOCC1)/C(F)=C(\N=C/C)N(C)Cc1ccc(-n2cccn2)cc1. The number of aliphatic hydroxyl groups excluding tert-OH is 1. The van der Waals surface area contributed by atoms with Crippen molar-refractivity contribution >= 4 is 6.21 Å². The van der Waals surface area contributed by atoms with Crippen molar-refractivity contribution < 1.29 is 14.2 Å². The van der Waals surface area contributed by atoms with Gasteiger partial charge in [0.15, 0.2) is 11.6 Å². The molecule has 0 unspecified atom stereocenters. The largest absolute Gasteiger partial charge is 0.396 e. The highest BCUT2D eigenvalue weighted by atomic mass is 19.1. The van der Waals surface area contributed by atoms with Crippen molar-refractivity contribution in [3.63, 3.8) is 0 Å². The molecular formula is C25H34FN5O2. The minimum Gasteiger partial charge on any atom is -0.396 e. The molecule has 1 aromatic carbocycles. The molecule has 2 aromatic rings. The van der Waals surface area contributed by atoms with Crippen LogP contribution >= 0.6 is 0 Å². The summed E-state index contributed by atoms with van der Waals surface area (Å²) in [6.07, 6.45) is 7.50. The van der Waals surface area contributed by atoms with E-state index in [9.17, 15) is 5.11 Å². The van der Waals surface area contributed by atoms with E-state index in [1.807, 2.05) is 43.6 Å². The summed E-state index contributed by atoms with van der Waals surface area (Å²) in [5.41, 5.74) is 2.06. The van der Waals surface area contributed by atoms with E-state index in [2.05, 4.69) is 22.0 Å². The van der Waals surface area contributed by atoms with E-state index in [4.69, 9.17) is 4.74 Å². The minimum atomic E-state index is -0.491. The number of nitrogens with zero attached hydrogens (tertiary/aromatic N) is 4. The Morgan fingerprint density at radius 1 is 1.36 bits per heavy atom. The fourth-order valence-electron chi connectivity index (χ4n) is 4.03. The maximum Gasteiger partial charge on any atom is 0.187 e. The lowest BCUT2D eigenvalue weighted by Crippen LogP contribution is -2.39. The lowest BCUT2D eigenvalue weighted by Gasteiger charge is -2.37. The van der Waals surface area contributed by atoms with Gasteiger partial charge >= 0.3 is 0 Å². The molecule has 3 rings (SSSR count). The summed E-state index contributed by atoms with van der Waals surface area (Å²) in [7, 11) is 1.81. The van der Waals surface area contributed by atoms with Crippen LogP contribution in [0.4, 0.5) is 4.39 Å². The van der Waals surface area contributed by atoms with Crippen LogP contribution in [0, 0.1) is 5.41 Å². The summed E-state index contributed by atoms with van der Waals surface area (Å²) in [5.74, 6) is -0.274. The van der Waals surface area contributed by atoms with E-state index in [0.29, 0.717) is 32.7 Å². The summed E-state index contributed by atoms with van der Waals surface area (Å²) in [5, 5.41) is 16.9. The molecule has 0 radical (unpaired) electrons. The number of nitrogens with one attached hydrogen (secondary N) is 1. The molecule has 0 aliphatic carbocycles. The average Bonchev–Trinajstić information content (AvgIpc) is 3.37. The zero-order chi connectivity index (χ0) is 23.7. The van der Waals surface area contributed by atoms with Crippen molar-refractivity contribution in [2.24, 2.45) is 10.4 Å². The van der Waals surface area contributed by atoms with E-state index in [1.54, 1.807) is 28.9 Å². The normalized spacial score (nSPS) is 16.5. The maximum absolute atomic E-state index is 15.4. The van der Waals surface area contributed by atoms with Crippen molar-refractivity contribution in [1.82, 2.24) is 20.0 Å². The first-order valence-corrected chi connectivity index (χ1v) is 11.3. The number of rotatable bonds is 11. The van der Waals surface area contributed by atoms with Gasteiger partial charge in [-0.3, -0.25) is 0 Å². The molecule has 1 aliphatic rings. The minimum absolute atomic E-state index is 0.0970. The number of halogens is 1. The van der Waals surface area contributed by atoms with E-state index in [0.717, 1.165) is 24.1 Å². The average molecular weight is 456 g/mol. The highest BCUT2D eigenvalue weighted by molar-refractivity contribution is 5.55. The van der Waals surface area contributed by atoms with Gasteiger partial charge in [0.1, 0.15) is 0 Å². The smallest absolute Gasteiger partial charge is 0.187 e. The number of benzene rings is 1. The Balaban J connectivity index is 1.68. The Morgan fingerprint density at radius 2 is 2.09 bits per heavy atom. The zero-order valence-corrected chi connectivity index (χ0v) is 19.5. The Labute approximate surface area is 195 Å². The molecular weight excluding hydrogens is 421 g/mol. The summed E-state index contributed by atoms with van der Waals surface area (Å²) in [4.78, 5) is 6.05. The third-order valence-corrected chi connectivity index (χ3v) is 6.07. The van der Waals surface area contributed by atoms with Gasteiger partial charge in [-0.2, -0.15) is 5.10 Å². The van der Waals surface area contributed by atoms with Gasteiger partial charge in [-0.05, 0) is 55.4 Å². The summed E-state index contributed by atoms with van der Waals surface area (Å²) in [6.45, 7) is 8.09. The number of allylic oxidation sites excluding steroid dienone is 1. The van der Waals surface area contributed by atoms with Crippen LogP contribution in [-0.4, -0.2) is 59.4 Å². The monoisotopic (exact) mass is 455 g/mol. The molecule has 1 saturated heterocycles. The molecule has 178 valence electrons. The molecule has 33 heavy (non-hydrogen) atoms. The number of aliphatic imine (C=N–C) groups is 1. The fraction of sp³-hybridized carbons (Fsp3) is 0.440. The predicted octanol–water partition coefficient (Wildman–Crippen LogP) is 3.82. The molecule has 2 N–H and O–H groups in total. The van der Waals surface area contributed by atoms with Crippen LogP contribution < -0.4 is 5.32 Å². The quantitative estimate of drug-likeness (QED) is 0.398. The highest BCUT2D eigenvalue weighted by Gasteiger charge is 2.32. The molecule has 2 heterocycles. The molecule has 0 amide bonds. The van der Waals surface area contributed by atoms with Gasteiger partial charge in [-0.25, -0.2) is 14.1 Å². The Morgan fingerprint density at radius 3 is 2.70 bits per heavy atom. The van der Waals surface area contributed by atoms with Gasteiger partial charge in [-0.1, -0.05) is 18.7 Å². The van der Waals surface area contributed by atoms with Crippen molar-refractivity contribution in [3.8, 4) is 5.69 Å². The van der Waals surface area contributed by atoms with Crippen LogP contribution in [0.5, 0.6) is 0 Å². The van der Waals surface area contributed by atoms with Crippen LogP contribution in [0.15, 0.2) is 71.6 Å². The molecule has 8 heteroatoms. The second kappa shape index (κ2) is 11.8. The van der Waals surface area contributed by atoms with E-state index in [-0.39, 0.29) is 23.5 Å². The van der Waals surface area contributed by atoms with Gasteiger partial charge in [0.2, 0.25) is 0 Å². The first-order chi connectivity index (χ1) is 16.0. The lowest BCUT2D eigenvalue weighted by molar-refractivity contribution is 0.00375. The predicted molar refractivity (Wildman–Crippen MR) is 129 cm³/mol. The van der Waals surface area contributed by atoms with Crippen LogP contribution in [-0.2, 0) is 11.3 Å². The number of hydrogen-bond donors (Lipinski definition) is 2. The van der Waals surface area contributed by atoms with E-state index >= 15 is 4.39 Å². The first-order valence-electron chi connectivity index (χ1n) is 11.3. The third-order valence-electron chi connectivity index (χ3n) is 6.07. The Kier molecular flexibility index (Phi) is 8.79.